The first kappa shape index (κ1) is 15.6. The van der Waals surface area contributed by atoms with Crippen LogP contribution in [0.1, 0.15) is 29.3 Å². The predicted octanol–water partition coefficient (Wildman–Crippen LogP) is 4.08. The van der Waals surface area contributed by atoms with Gasteiger partial charge in [0, 0.05) is 28.8 Å². The van der Waals surface area contributed by atoms with Crippen molar-refractivity contribution in [2.45, 2.75) is 19.9 Å². The summed E-state index contributed by atoms with van der Waals surface area (Å²) in [6.07, 6.45) is 0.928. The highest BCUT2D eigenvalue weighted by Gasteiger charge is 2.15. The second-order valence-electron chi connectivity index (χ2n) is 4.98. The van der Waals surface area contributed by atoms with Crippen LogP contribution in [-0.4, -0.2) is 17.4 Å². The van der Waals surface area contributed by atoms with E-state index in [4.69, 9.17) is 5.73 Å². The molecule has 0 aliphatic rings. The number of hydrogen-bond donors (Lipinski definition) is 1. The molecule has 110 valence electrons. The fourth-order valence-corrected chi connectivity index (χ4v) is 2.41. The smallest absolute Gasteiger partial charge is 0.254 e. The van der Waals surface area contributed by atoms with Gasteiger partial charge in [0.2, 0.25) is 0 Å². The summed E-state index contributed by atoms with van der Waals surface area (Å²) < 4.78 is 0.972. The standard InChI is InChI=1S/C17H19BrN2O/c1-2-11-20(12-13-3-9-16(19)10-4-13)17(21)14-5-7-15(18)8-6-14/h3-10H,2,11-12,19H2,1H3. The van der Waals surface area contributed by atoms with Gasteiger partial charge in [0.05, 0.1) is 0 Å². The molecule has 0 saturated carbocycles. The fraction of sp³-hybridized carbons (Fsp3) is 0.235. The van der Waals surface area contributed by atoms with Crippen molar-refractivity contribution in [2.24, 2.45) is 0 Å². The van der Waals surface area contributed by atoms with Crippen LogP contribution in [0.15, 0.2) is 53.0 Å². The highest BCUT2D eigenvalue weighted by Crippen LogP contribution is 2.15. The molecule has 2 rings (SSSR count). The number of halogens is 1. The van der Waals surface area contributed by atoms with Crippen LogP contribution < -0.4 is 5.73 Å². The third-order valence-corrected chi connectivity index (χ3v) is 3.75. The van der Waals surface area contributed by atoms with Crippen LogP contribution in [0.4, 0.5) is 5.69 Å². The lowest BCUT2D eigenvalue weighted by atomic mass is 10.1. The molecule has 4 heteroatoms. The van der Waals surface area contributed by atoms with Gasteiger partial charge in [0.1, 0.15) is 0 Å². The van der Waals surface area contributed by atoms with E-state index in [1.54, 1.807) is 0 Å². The van der Waals surface area contributed by atoms with Gasteiger partial charge in [-0.3, -0.25) is 4.79 Å². The highest BCUT2D eigenvalue weighted by atomic mass is 79.9. The summed E-state index contributed by atoms with van der Waals surface area (Å²) in [5.74, 6) is 0.0566. The van der Waals surface area contributed by atoms with Gasteiger partial charge in [-0.1, -0.05) is 35.0 Å². The normalized spacial score (nSPS) is 10.4. The van der Waals surface area contributed by atoms with Gasteiger partial charge in [0.25, 0.3) is 5.91 Å². The number of hydrogen-bond acceptors (Lipinski definition) is 2. The number of nitrogens with two attached hydrogens (primary N) is 1. The Labute approximate surface area is 133 Å². The van der Waals surface area contributed by atoms with Gasteiger partial charge >= 0.3 is 0 Å². The minimum Gasteiger partial charge on any atom is -0.399 e. The summed E-state index contributed by atoms with van der Waals surface area (Å²) in [6, 6.07) is 15.1. The number of rotatable bonds is 5. The zero-order chi connectivity index (χ0) is 15.2. The highest BCUT2D eigenvalue weighted by molar-refractivity contribution is 9.10. The van der Waals surface area contributed by atoms with Gasteiger partial charge in [-0.15, -0.1) is 0 Å². The van der Waals surface area contributed by atoms with Crippen LogP contribution >= 0.6 is 15.9 Å². The molecule has 0 spiro atoms. The summed E-state index contributed by atoms with van der Waals surface area (Å²) in [5.41, 5.74) is 8.23. The van der Waals surface area contributed by atoms with Crippen molar-refractivity contribution < 1.29 is 4.79 Å². The molecule has 0 atom stereocenters. The molecule has 21 heavy (non-hydrogen) atoms. The van der Waals surface area contributed by atoms with E-state index in [0.29, 0.717) is 12.1 Å². The lowest BCUT2D eigenvalue weighted by molar-refractivity contribution is 0.0743. The lowest BCUT2D eigenvalue weighted by Gasteiger charge is -2.22. The molecule has 1 amide bonds. The zero-order valence-corrected chi connectivity index (χ0v) is 13.6. The van der Waals surface area contributed by atoms with E-state index >= 15 is 0 Å². The number of nitrogen functional groups attached to an aromatic ring is 1. The summed E-state index contributed by atoms with van der Waals surface area (Å²) in [4.78, 5) is 14.5. The molecule has 3 nitrogen and oxygen atoms in total. The van der Waals surface area contributed by atoms with Crippen LogP contribution in [0.5, 0.6) is 0 Å². The van der Waals surface area contributed by atoms with Crippen LogP contribution in [0.25, 0.3) is 0 Å². The predicted molar refractivity (Wildman–Crippen MR) is 90.0 cm³/mol. The van der Waals surface area contributed by atoms with Crippen LogP contribution in [0.3, 0.4) is 0 Å². The number of anilines is 1. The maximum absolute atomic E-state index is 12.6. The molecule has 0 saturated heterocycles. The van der Waals surface area contributed by atoms with Gasteiger partial charge in [-0.05, 0) is 48.4 Å². The zero-order valence-electron chi connectivity index (χ0n) is 12.1. The molecule has 2 aromatic carbocycles. The molecular formula is C17H19BrN2O. The van der Waals surface area contributed by atoms with Crippen molar-refractivity contribution in [1.29, 1.82) is 0 Å². The minimum atomic E-state index is 0.0566. The van der Waals surface area contributed by atoms with Crippen molar-refractivity contribution >= 4 is 27.5 Å². The van der Waals surface area contributed by atoms with Crippen LogP contribution in [0.2, 0.25) is 0 Å². The molecule has 0 heterocycles. The molecule has 0 radical (unpaired) electrons. The lowest BCUT2D eigenvalue weighted by Crippen LogP contribution is -2.31. The Morgan fingerprint density at radius 1 is 1.10 bits per heavy atom. The topological polar surface area (TPSA) is 46.3 Å². The van der Waals surface area contributed by atoms with Crippen LogP contribution in [0, 0.1) is 0 Å². The van der Waals surface area contributed by atoms with Gasteiger partial charge in [-0.2, -0.15) is 0 Å². The van der Waals surface area contributed by atoms with Gasteiger partial charge in [0.15, 0.2) is 0 Å². The number of nitrogens with zero attached hydrogens (tertiary/aromatic N) is 1. The second kappa shape index (κ2) is 7.27. The second-order valence-corrected chi connectivity index (χ2v) is 5.89. The Morgan fingerprint density at radius 2 is 1.71 bits per heavy atom. The fourth-order valence-electron chi connectivity index (χ4n) is 2.14. The van der Waals surface area contributed by atoms with E-state index < -0.39 is 0 Å². The Balaban J connectivity index is 2.15. The monoisotopic (exact) mass is 346 g/mol. The average Bonchev–Trinajstić information content (AvgIpc) is 2.49. The molecule has 0 aliphatic heterocycles. The third kappa shape index (κ3) is 4.33. The third-order valence-electron chi connectivity index (χ3n) is 3.23. The quantitative estimate of drug-likeness (QED) is 0.829. The molecule has 0 aliphatic carbocycles. The Hall–Kier alpha value is -1.81. The summed E-state index contributed by atoms with van der Waals surface area (Å²) in [5, 5.41) is 0. The minimum absolute atomic E-state index is 0.0566. The van der Waals surface area contributed by atoms with Crippen LogP contribution in [-0.2, 0) is 6.54 Å². The Morgan fingerprint density at radius 3 is 2.29 bits per heavy atom. The largest absolute Gasteiger partial charge is 0.399 e. The average molecular weight is 347 g/mol. The molecular weight excluding hydrogens is 328 g/mol. The summed E-state index contributed by atoms with van der Waals surface area (Å²) in [7, 11) is 0. The number of amides is 1. The number of carbonyl (C=O) groups is 1. The molecule has 0 bridgehead atoms. The molecule has 0 fully saturated rings. The molecule has 0 aromatic heterocycles. The van der Waals surface area contributed by atoms with E-state index in [9.17, 15) is 4.79 Å². The van der Waals surface area contributed by atoms with Gasteiger partial charge in [-0.25, -0.2) is 0 Å². The Bertz CT molecular complexity index is 593. The van der Waals surface area contributed by atoms with E-state index in [-0.39, 0.29) is 5.91 Å². The van der Waals surface area contributed by atoms with E-state index in [1.807, 2.05) is 53.4 Å². The molecule has 2 aromatic rings. The summed E-state index contributed by atoms with van der Waals surface area (Å²) >= 11 is 3.39. The first-order valence-corrected chi connectivity index (χ1v) is 7.78. The summed E-state index contributed by atoms with van der Waals surface area (Å²) in [6.45, 7) is 3.41. The van der Waals surface area contributed by atoms with E-state index in [0.717, 1.165) is 28.7 Å². The SMILES string of the molecule is CCCN(Cc1ccc(N)cc1)C(=O)c1ccc(Br)cc1. The maximum Gasteiger partial charge on any atom is 0.254 e. The number of benzene rings is 2. The first-order valence-electron chi connectivity index (χ1n) is 6.99. The molecule has 2 N–H and O–H groups in total. The van der Waals surface area contributed by atoms with Crippen molar-refractivity contribution in [2.75, 3.05) is 12.3 Å². The number of carbonyl (C=O) groups excluding carboxylic acids is 1. The first-order chi connectivity index (χ1) is 10.1. The van der Waals surface area contributed by atoms with Gasteiger partial charge < -0.3 is 10.6 Å². The molecule has 0 unspecified atom stereocenters. The maximum atomic E-state index is 12.6. The van der Waals surface area contributed by atoms with Crippen molar-refractivity contribution in [3.63, 3.8) is 0 Å². The Kier molecular flexibility index (Phi) is 5.39. The van der Waals surface area contributed by atoms with Crippen molar-refractivity contribution in [3.8, 4) is 0 Å². The van der Waals surface area contributed by atoms with E-state index in [1.165, 1.54) is 0 Å². The van der Waals surface area contributed by atoms with Crippen molar-refractivity contribution in [3.05, 3.63) is 64.1 Å². The van der Waals surface area contributed by atoms with Crippen molar-refractivity contribution in [1.82, 2.24) is 4.90 Å². The van der Waals surface area contributed by atoms with E-state index in [2.05, 4.69) is 22.9 Å².